The Morgan fingerprint density at radius 1 is 1.53 bits per heavy atom. The maximum absolute atomic E-state index is 11.6. The van der Waals surface area contributed by atoms with Gasteiger partial charge in [0, 0.05) is 5.39 Å². The summed E-state index contributed by atoms with van der Waals surface area (Å²) in [4.78, 5) is 11.6. The van der Waals surface area contributed by atoms with Gasteiger partial charge in [0.1, 0.15) is 0 Å². The van der Waals surface area contributed by atoms with Crippen LogP contribution in [0.25, 0.3) is 10.9 Å². The highest BCUT2D eigenvalue weighted by atomic mass is 16.1. The van der Waals surface area contributed by atoms with E-state index in [-0.39, 0.29) is 11.9 Å². The van der Waals surface area contributed by atoms with E-state index in [2.05, 4.69) is 10.4 Å². The Bertz CT molecular complexity index is 592. The Hall–Kier alpha value is -1.88. The molecule has 0 radical (unpaired) electrons. The van der Waals surface area contributed by atoms with Crippen molar-refractivity contribution in [3.8, 4) is 0 Å². The van der Waals surface area contributed by atoms with E-state index < -0.39 is 5.54 Å². The van der Waals surface area contributed by atoms with Crippen molar-refractivity contribution in [1.29, 1.82) is 0 Å². The molecule has 19 heavy (non-hydrogen) atoms. The van der Waals surface area contributed by atoms with Crippen LogP contribution < -0.4 is 11.1 Å². The highest BCUT2D eigenvalue weighted by Gasteiger charge is 2.31. The Morgan fingerprint density at radius 3 is 2.84 bits per heavy atom. The van der Waals surface area contributed by atoms with Crippen LogP contribution >= 0.6 is 0 Å². The van der Waals surface area contributed by atoms with Gasteiger partial charge in [-0.2, -0.15) is 5.10 Å². The summed E-state index contributed by atoms with van der Waals surface area (Å²) in [6.45, 7) is 3.86. The van der Waals surface area contributed by atoms with Crippen molar-refractivity contribution in [2.75, 3.05) is 7.05 Å². The van der Waals surface area contributed by atoms with Gasteiger partial charge in [0.15, 0.2) is 0 Å². The molecule has 2 atom stereocenters. The normalized spacial score (nSPS) is 16.2. The van der Waals surface area contributed by atoms with Gasteiger partial charge >= 0.3 is 0 Å². The number of fused-ring (bicyclic) bond motifs is 1. The molecule has 2 rings (SSSR count). The number of carbonyl (C=O) groups excluding carboxylic acids is 1. The van der Waals surface area contributed by atoms with Crippen molar-refractivity contribution in [2.24, 2.45) is 5.73 Å². The van der Waals surface area contributed by atoms with Gasteiger partial charge in [-0.05, 0) is 33.4 Å². The monoisotopic (exact) mass is 260 g/mol. The predicted octanol–water partition coefficient (Wildman–Crippen LogP) is 1.45. The second kappa shape index (κ2) is 5.01. The number of para-hydroxylation sites is 1. The van der Waals surface area contributed by atoms with E-state index >= 15 is 0 Å². The molecule has 1 aromatic heterocycles. The molecule has 2 aromatic rings. The third-order valence-corrected chi connectivity index (χ3v) is 3.72. The number of primary amides is 1. The first kappa shape index (κ1) is 13.5. The Morgan fingerprint density at radius 2 is 2.21 bits per heavy atom. The van der Waals surface area contributed by atoms with Crippen LogP contribution in [0.2, 0.25) is 0 Å². The first-order chi connectivity index (χ1) is 8.98. The summed E-state index contributed by atoms with van der Waals surface area (Å²) in [5.41, 5.74) is 5.80. The van der Waals surface area contributed by atoms with Crippen molar-refractivity contribution in [3.05, 3.63) is 30.5 Å². The van der Waals surface area contributed by atoms with Crippen LogP contribution in [-0.2, 0) is 4.79 Å². The maximum atomic E-state index is 11.6. The van der Waals surface area contributed by atoms with Crippen LogP contribution in [-0.4, -0.2) is 28.3 Å². The minimum Gasteiger partial charge on any atom is -0.368 e. The number of nitrogens with zero attached hydrogens (tertiary/aromatic N) is 2. The van der Waals surface area contributed by atoms with Crippen LogP contribution in [0.3, 0.4) is 0 Å². The number of rotatable bonds is 5. The average molecular weight is 260 g/mol. The van der Waals surface area contributed by atoms with E-state index in [1.165, 1.54) is 0 Å². The van der Waals surface area contributed by atoms with Crippen LogP contribution in [0.1, 0.15) is 26.3 Å². The molecule has 5 nitrogen and oxygen atoms in total. The number of nitrogens with one attached hydrogen (secondary N) is 1. The third kappa shape index (κ3) is 2.46. The van der Waals surface area contributed by atoms with Gasteiger partial charge < -0.3 is 11.1 Å². The van der Waals surface area contributed by atoms with Crippen molar-refractivity contribution in [2.45, 2.75) is 31.8 Å². The molecule has 1 aromatic carbocycles. The van der Waals surface area contributed by atoms with Gasteiger partial charge in [-0.15, -0.1) is 0 Å². The Balaban J connectivity index is 2.29. The summed E-state index contributed by atoms with van der Waals surface area (Å²) in [7, 11) is 1.75. The van der Waals surface area contributed by atoms with Gasteiger partial charge in [0.05, 0.1) is 23.3 Å². The van der Waals surface area contributed by atoms with E-state index in [0.29, 0.717) is 6.42 Å². The molecule has 0 fully saturated rings. The number of likely N-dealkylation sites (N-methyl/N-ethyl adjacent to an activating group) is 1. The highest BCUT2D eigenvalue weighted by Crippen LogP contribution is 2.24. The largest absolute Gasteiger partial charge is 0.368 e. The quantitative estimate of drug-likeness (QED) is 0.854. The number of nitrogens with two attached hydrogens (primary N) is 1. The van der Waals surface area contributed by atoms with Crippen molar-refractivity contribution in [1.82, 2.24) is 15.1 Å². The van der Waals surface area contributed by atoms with E-state index in [9.17, 15) is 4.79 Å². The van der Waals surface area contributed by atoms with Crippen molar-refractivity contribution < 1.29 is 4.79 Å². The summed E-state index contributed by atoms with van der Waals surface area (Å²) in [6.07, 6.45) is 2.43. The molecule has 0 bridgehead atoms. The van der Waals surface area contributed by atoms with Crippen LogP contribution in [0.4, 0.5) is 0 Å². The molecule has 0 saturated heterocycles. The van der Waals surface area contributed by atoms with Crippen LogP contribution in [0, 0.1) is 0 Å². The zero-order valence-electron chi connectivity index (χ0n) is 11.6. The minimum absolute atomic E-state index is 0.0739. The average Bonchev–Trinajstić information content (AvgIpc) is 2.82. The zero-order chi connectivity index (χ0) is 14.0. The lowest BCUT2D eigenvalue weighted by Crippen LogP contribution is -2.52. The SMILES string of the molecule is CNC(C)(CC(C)n1ncc2ccccc21)C(N)=O. The van der Waals surface area contributed by atoms with E-state index in [1.54, 1.807) is 7.05 Å². The van der Waals surface area contributed by atoms with Gasteiger partial charge in [-0.1, -0.05) is 18.2 Å². The predicted molar refractivity (Wildman–Crippen MR) is 75.7 cm³/mol. The van der Waals surface area contributed by atoms with Crippen molar-refractivity contribution in [3.63, 3.8) is 0 Å². The molecular formula is C14H20N4O. The van der Waals surface area contributed by atoms with Crippen LogP contribution in [0.15, 0.2) is 30.5 Å². The fraction of sp³-hybridized carbons (Fsp3) is 0.429. The molecule has 2 unspecified atom stereocenters. The molecule has 0 saturated carbocycles. The standard InChI is InChI=1S/C14H20N4O/c1-10(8-14(2,16-3)13(15)19)18-12-7-5-4-6-11(12)9-17-18/h4-7,9-10,16H,8H2,1-3H3,(H2,15,19). The molecule has 5 heteroatoms. The summed E-state index contributed by atoms with van der Waals surface area (Å²) in [6, 6.07) is 8.10. The molecular weight excluding hydrogens is 240 g/mol. The smallest absolute Gasteiger partial charge is 0.237 e. The fourth-order valence-electron chi connectivity index (χ4n) is 2.35. The molecule has 1 amide bonds. The van der Waals surface area contributed by atoms with E-state index in [1.807, 2.05) is 49.0 Å². The molecule has 1 heterocycles. The van der Waals surface area contributed by atoms with Crippen molar-refractivity contribution >= 4 is 16.8 Å². The highest BCUT2D eigenvalue weighted by molar-refractivity contribution is 5.84. The molecule has 0 aliphatic carbocycles. The molecule has 0 aliphatic heterocycles. The molecule has 0 spiro atoms. The summed E-state index contributed by atoms with van der Waals surface area (Å²) in [5.74, 6) is -0.349. The van der Waals surface area contributed by atoms with Gasteiger partial charge in [-0.3, -0.25) is 9.48 Å². The molecule has 102 valence electrons. The summed E-state index contributed by atoms with van der Waals surface area (Å²) >= 11 is 0. The first-order valence-corrected chi connectivity index (χ1v) is 6.39. The lowest BCUT2D eigenvalue weighted by Gasteiger charge is -2.29. The summed E-state index contributed by atoms with van der Waals surface area (Å²) in [5, 5.41) is 8.51. The number of aromatic nitrogens is 2. The van der Waals surface area contributed by atoms with Gasteiger partial charge in [0.25, 0.3) is 0 Å². The number of amides is 1. The summed E-state index contributed by atoms with van der Waals surface area (Å²) < 4.78 is 1.94. The maximum Gasteiger partial charge on any atom is 0.237 e. The topological polar surface area (TPSA) is 72.9 Å². The van der Waals surface area contributed by atoms with Gasteiger partial charge in [-0.25, -0.2) is 0 Å². The first-order valence-electron chi connectivity index (χ1n) is 6.39. The van der Waals surface area contributed by atoms with E-state index in [4.69, 9.17) is 5.73 Å². The third-order valence-electron chi connectivity index (χ3n) is 3.72. The number of carbonyl (C=O) groups is 1. The number of hydrogen-bond donors (Lipinski definition) is 2. The lowest BCUT2D eigenvalue weighted by atomic mass is 9.93. The number of hydrogen-bond acceptors (Lipinski definition) is 3. The van der Waals surface area contributed by atoms with Crippen LogP contribution in [0.5, 0.6) is 0 Å². The second-order valence-corrected chi connectivity index (χ2v) is 5.15. The minimum atomic E-state index is -0.730. The Kier molecular flexibility index (Phi) is 3.57. The lowest BCUT2D eigenvalue weighted by molar-refractivity contribution is -0.124. The number of benzene rings is 1. The van der Waals surface area contributed by atoms with E-state index in [0.717, 1.165) is 10.9 Å². The van der Waals surface area contributed by atoms with Gasteiger partial charge in [0.2, 0.25) is 5.91 Å². The fourth-order valence-corrected chi connectivity index (χ4v) is 2.35. The molecule has 0 aliphatic rings. The molecule has 3 N–H and O–H groups in total. The second-order valence-electron chi connectivity index (χ2n) is 5.15. The zero-order valence-corrected chi connectivity index (χ0v) is 11.6. The Labute approximate surface area is 112 Å².